The third kappa shape index (κ3) is 2.18. The Morgan fingerprint density at radius 2 is 1.95 bits per heavy atom. The number of aliphatic hydroxyl groups is 1. The van der Waals surface area contributed by atoms with Crippen LogP contribution in [0.5, 0.6) is 5.75 Å². The van der Waals surface area contributed by atoms with E-state index in [1.165, 1.54) is 0 Å². The van der Waals surface area contributed by atoms with Gasteiger partial charge in [0.1, 0.15) is 11.3 Å². The molecule has 19 heavy (non-hydrogen) atoms. The van der Waals surface area contributed by atoms with Gasteiger partial charge in [-0.2, -0.15) is 0 Å². The summed E-state index contributed by atoms with van der Waals surface area (Å²) in [6.07, 6.45) is 0. The number of aromatic nitrogens is 1. The maximum atomic E-state index is 9.11. The van der Waals surface area contributed by atoms with Gasteiger partial charge in [0.05, 0.1) is 13.7 Å². The monoisotopic (exact) mass is 255 g/mol. The van der Waals surface area contributed by atoms with Crippen LogP contribution in [-0.4, -0.2) is 17.2 Å². The summed E-state index contributed by atoms with van der Waals surface area (Å²) in [5.41, 5.74) is 3.17. The Morgan fingerprint density at radius 1 is 1.16 bits per heavy atom. The molecular formula is C15H13NO3. The molecule has 0 aliphatic heterocycles. The van der Waals surface area contributed by atoms with Gasteiger partial charge in [0.2, 0.25) is 5.89 Å². The predicted octanol–water partition coefficient (Wildman–Crippen LogP) is 3.00. The summed E-state index contributed by atoms with van der Waals surface area (Å²) in [6.45, 7) is 0.000664. The van der Waals surface area contributed by atoms with Gasteiger partial charge in [-0.25, -0.2) is 4.98 Å². The van der Waals surface area contributed by atoms with Crippen molar-refractivity contribution in [3.8, 4) is 17.2 Å². The van der Waals surface area contributed by atoms with Gasteiger partial charge in [0.25, 0.3) is 0 Å². The van der Waals surface area contributed by atoms with Crippen molar-refractivity contribution >= 4 is 11.1 Å². The Balaban J connectivity index is 2.04. The Hall–Kier alpha value is -2.33. The molecule has 3 aromatic rings. The molecule has 2 aromatic carbocycles. The number of methoxy groups -OCH3 is 1. The first kappa shape index (κ1) is 11.7. The zero-order valence-corrected chi connectivity index (χ0v) is 10.5. The number of aliphatic hydroxyl groups excluding tert-OH is 1. The van der Waals surface area contributed by atoms with Crippen LogP contribution in [0, 0.1) is 0 Å². The molecular weight excluding hydrogens is 242 g/mol. The highest BCUT2D eigenvalue weighted by Crippen LogP contribution is 2.26. The molecule has 4 heteroatoms. The maximum absolute atomic E-state index is 9.11. The number of fused-ring (bicyclic) bond motifs is 1. The second-order valence-electron chi connectivity index (χ2n) is 4.21. The number of rotatable bonds is 3. The fourth-order valence-corrected chi connectivity index (χ4v) is 1.93. The molecule has 4 nitrogen and oxygen atoms in total. The van der Waals surface area contributed by atoms with E-state index in [4.69, 9.17) is 14.3 Å². The SMILES string of the molecule is COc1ccc(-c2nc3cc(CO)ccc3o2)cc1. The van der Waals surface area contributed by atoms with Crippen molar-refractivity contribution in [1.29, 1.82) is 0 Å². The smallest absolute Gasteiger partial charge is 0.227 e. The lowest BCUT2D eigenvalue weighted by Gasteiger charge is -1.99. The Kier molecular flexibility index (Phi) is 2.93. The first-order valence-electron chi connectivity index (χ1n) is 5.95. The third-order valence-electron chi connectivity index (χ3n) is 2.97. The maximum Gasteiger partial charge on any atom is 0.227 e. The minimum Gasteiger partial charge on any atom is -0.497 e. The molecule has 0 aliphatic rings. The van der Waals surface area contributed by atoms with Gasteiger partial charge >= 0.3 is 0 Å². The number of nitrogens with zero attached hydrogens (tertiary/aromatic N) is 1. The van der Waals surface area contributed by atoms with Crippen LogP contribution >= 0.6 is 0 Å². The van der Waals surface area contributed by atoms with Gasteiger partial charge in [0.15, 0.2) is 5.58 Å². The van der Waals surface area contributed by atoms with Crippen LogP contribution in [0.2, 0.25) is 0 Å². The minimum atomic E-state index is 0.000664. The minimum absolute atomic E-state index is 0.000664. The predicted molar refractivity (Wildman–Crippen MR) is 71.9 cm³/mol. The highest BCUT2D eigenvalue weighted by molar-refractivity contribution is 5.76. The summed E-state index contributed by atoms with van der Waals surface area (Å²) in [6, 6.07) is 13.0. The third-order valence-corrected chi connectivity index (χ3v) is 2.97. The van der Waals surface area contributed by atoms with Crippen molar-refractivity contribution in [2.75, 3.05) is 7.11 Å². The highest BCUT2D eigenvalue weighted by atomic mass is 16.5. The average molecular weight is 255 g/mol. The topological polar surface area (TPSA) is 55.5 Å². The summed E-state index contributed by atoms with van der Waals surface area (Å²) in [4.78, 5) is 4.43. The summed E-state index contributed by atoms with van der Waals surface area (Å²) >= 11 is 0. The molecule has 1 aromatic heterocycles. The van der Waals surface area contributed by atoms with Crippen molar-refractivity contribution in [3.05, 3.63) is 48.0 Å². The highest BCUT2D eigenvalue weighted by Gasteiger charge is 2.08. The van der Waals surface area contributed by atoms with Gasteiger partial charge in [0, 0.05) is 5.56 Å². The lowest BCUT2D eigenvalue weighted by atomic mass is 10.2. The number of benzene rings is 2. The Labute approximate surface area is 110 Å². The quantitative estimate of drug-likeness (QED) is 0.781. The summed E-state index contributed by atoms with van der Waals surface area (Å²) in [5, 5.41) is 9.11. The fraction of sp³-hybridized carbons (Fsp3) is 0.133. The second kappa shape index (κ2) is 4.74. The summed E-state index contributed by atoms with van der Waals surface area (Å²) in [5.74, 6) is 1.36. The van der Waals surface area contributed by atoms with E-state index in [0.29, 0.717) is 11.5 Å². The molecule has 96 valence electrons. The summed E-state index contributed by atoms with van der Waals surface area (Å²) in [7, 11) is 1.63. The first-order valence-corrected chi connectivity index (χ1v) is 5.95. The normalized spacial score (nSPS) is 10.8. The summed E-state index contributed by atoms with van der Waals surface area (Å²) < 4.78 is 10.8. The number of oxazole rings is 1. The van der Waals surface area contributed by atoms with E-state index in [1.807, 2.05) is 42.5 Å². The van der Waals surface area contributed by atoms with Gasteiger partial charge in [-0.1, -0.05) is 6.07 Å². The van der Waals surface area contributed by atoms with Crippen LogP contribution in [0.4, 0.5) is 0 Å². The van der Waals surface area contributed by atoms with E-state index in [1.54, 1.807) is 7.11 Å². The molecule has 0 fully saturated rings. The molecule has 0 radical (unpaired) electrons. The Morgan fingerprint density at radius 3 is 2.63 bits per heavy atom. The zero-order chi connectivity index (χ0) is 13.2. The van der Waals surface area contributed by atoms with Crippen LogP contribution in [0.15, 0.2) is 46.9 Å². The molecule has 0 saturated heterocycles. The largest absolute Gasteiger partial charge is 0.497 e. The average Bonchev–Trinajstić information content (AvgIpc) is 2.90. The van der Waals surface area contributed by atoms with Crippen LogP contribution in [0.1, 0.15) is 5.56 Å². The van der Waals surface area contributed by atoms with Gasteiger partial charge in [-0.05, 0) is 42.0 Å². The Bertz CT molecular complexity index is 701. The van der Waals surface area contributed by atoms with Crippen molar-refractivity contribution in [2.24, 2.45) is 0 Å². The van der Waals surface area contributed by atoms with Crippen LogP contribution in [0.3, 0.4) is 0 Å². The van der Waals surface area contributed by atoms with Crippen LogP contribution in [-0.2, 0) is 6.61 Å². The van der Waals surface area contributed by atoms with E-state index in [9.17, 15) is 0 Å². The molecule has 3 rings (SSSR count). The molecule has 0 atom stereocenters. The van der Waals surface area contributed by atoms with Crippen molar-refractivity contribution in [1.82, 2.24) is 4.98 Å². The molecule has 1 heterocycles. The van der Waals surface area contributed by atoms with E-state index in [2.05, 4.69) is 4.98 Å². The van der Waals surface area contributed by atoms with Crippen LogP contribution in [0.25, 0.3) is 22.6 Å². The second-order valence-corrected chi connectivity index (χ2v) is 4.21. The van der Waals surface area contributed by atoms with E-state index < -0.39 is 0 Å². The van der Waals surface area contributed by atoms with Crippen molar-refractivity contribution in [2.45, 2.75) is 6.61 Å². The van der Waals surface area contributed by atoms with Gasteiger partial charge in [-0.3, -0.25) is 0 Å². The molecule has 0 unspecified atom stereocenters. The molecule has 0 bridgehead atoms. The van der Waals surface area contributed by atoms with Gasteiger partial charge in [-0.15, -0.1) is 0 Å². The molecule has 0 spiro atoms. The van der Waals surface area contributed by atoms with E-state index in [0.717, 1.165) is 22.4 Å². The fourth-order valence-electron chi connectivity index (χ4n) is 1.93. The lowest BCUT2D eigenvalue weighted by molar-refractivity contribution is 0.282. The number of ether oxygens (including phenoxy) is 1. The van der Waals surface area contributed by atoms with Crippen molar-refractivity contribution in [3.63, 3.8) is 0 Å². The molecule has 0 amide bonds. The number of hydrogen-bond acceptors (Lipinski definition) is 4. The van der Waals surface area contributed by atoms with E-state index >= 15 is 0 Å². The lowest BCUT2D eigenvalue weighted by Crippen LogP contribution is -1.83. The molecule has 1 N–H and O–H groups in total. The molecule has 0 saturated carbocycles. The zero-order valence-electron chi connectivity index (χ0n) is 10.5. The van der Waals surface area contributed by atoms with Crippen LogP contribution < -0.4 is 4.74 Å². The number of hydrogen-bond donors (Lipinski definition) is 1. The molecule has 0 aliphatic carbocycles. The van der Waals surface area contributed by atoms with Gasteiger partial charge < -0.3 is 14.3 Å². The van der Waals surface area contributed by atoms with Crippen molar-refractivity contribution < 1.29 is 14.3 Å². The van der Waals surface area contributed by atoms with E-state index in [-0.39, 0.29) is 6.61 Å². The first-order chi connectivity index (χ1) is 9.30. The standard InChI is InChI=1S/C15H13NO3/c1-18-12-5-3-11(4-6-12)15-16-13-8-10(9-17)2-7-14(13)19-15/h2-8,17H,9H2,1H3.